The number of hydrogen-bond acceptors (Lipinski definition) is 4. The van der Waals surface area contributed by atoms with Crippen molar-refractivity contribution in [1.29, 1.82) is 0 Å². The number of hydrogen-bond donors (Lipinski definition) is 1. The Morgan fingerprint density at radius 1 is 1.33 bits per heavy atom. The summed E-state index contributed by atoms with van der Waals surface area (Å²) in [4.78, 5) is 12.4. The van der Waals surface area contributed by atoms with Gasteiger partial charge in [-0.15, -0.1) is 0 Å². The van der Waals surface area contributed by atoms with Crippen LogP contribution in [-0.4, -0.2) is 30.8 Å². The van der Waals surface area contributed by atoms with Crippen LogP contribution in [0, 0.1) is 0 Å². The molecule has 5 heteroatoms. The van der Waals surface area contributed by atoms with Gasteiger partial charge in [0.05, 0.1) is 12.2 Å². The standard InChI is InChI=1S/C16H24ClNO3/c1-6-21-14(19)16(4,11-15(2,3)20-5)18-13-9-7-8-12(17)10-13/h7-10,18H,6,11H2,1-5H3. The van der Waals surface area contributed by atoms with Crippen LogP contribution in [0.2, 0.25) is 5.02 Å². The van der Waals surface area contributed by atoms with E-state index in [4.69, 9.17) is 21.1 Å². The maximum atomic E-state index is 12.4. The van der Waals surface area contributed by atoms with E-state index in [1.165, 1.54) is 0 Å². The predicted octanol–water partition coefficient (Wildman–Crippen LogP) is 3.89. The molecule has 1 N–H and O–H groups in total. The average Bonchev–Trinajstić information content (AvgIpc) is 2.38. The Kier molecular flexibility index (Phi) is 6.05. The SMILES string of the molecule is CCOC(=O)C(C)(CC(C)(C)OC)Nc1cccc(Cl)c1. The van der Waals surface area contributed by atoms with E-state index < -0.39 is 11.1 Å². The topological polar surface area (TPSA) is 47.6 Å². The Balaban J connectivity index is 3.04. The third kappa shape index (κ3) is 5.21. The van der Waals surface area contributed by atoms with E-state index in [0.717, 1.165) is 5.69 Å². The molecule has 0 spiro atoms. The Morgan fingerprint density at radius 3 is 2.52 bits per heavy atom. The molecule has 1 aromatic carbocycles. The molecule has 1 rings (SSSR count). The molecule has 0 bridgehead atoms. The summed E-state index contributed by atoms with van der Waals surface area (Å²) in [6, 6.07) is 7.26. The van der Waals surface area contributed by atoms with Gasteiger partial charge in [0.25, 0.3) is 0 Å². The molecule has 0 aliphatic heterocycles. The van der Waals surface area contributed by atoms with Gasteiger partial charge < -0.3 is 14.8 Å². The van der Waals surface area contributed by atoms with Crippen molar-refractivity contribution < 1.29 is 14.3 Å². The molecule has 118 valence electrons. The van der Waals surface area contributed by atoms with Gasteiger partial charge in [-0.05, 0) is 45.9 Å². The number of methoxy groups -OCH3 is 1. The second-order valence-corrected chi connectivity index (χ2v) is 6.26. The van der Waals surface area contributed by atoms with Crippen LogP contribution in [0.5, 0.6) is 0 Å². The van der Waals surface area contributed by atoms with E-state index in [1.807, 2.05) is 32.9 Å². The molecule has 0 aromatic heterocycles. The number of nitrogens with one attached hydrogen (secondary N) is 1. The normalized spacial score (nSPS) is 14.4. The number of carbonyl (C=O) groups excluding carboxylic acids is 1. The summed E-state index contributed by atoms with van der Waals surface area (Å²) in [5, 5.41) is 3.84. The lowest BCUT2D eigenvalue weighted by Crippen LogP contribution is -2.50. The molecule has 0 heterocycles. The van der Waals surface area contributed by atoms with E-state index in [-0.39, 0.29) is 5.97 Å². The van der Waals surface area contributed by atoms with Crippen LogP contribution in [0.4, 0.5) is 5.69 Å². The van der Waals surface area contributed by atoms with Gasteiger partial charge in [0.2, 0.25) is 0 Å². The zero-order valence-corrected chi connectivity index (χ0v) is 14.1. The van der Waals surface area contributed by atoms with Gasteiger partial charge >= 0.3 is 5.97 Å². The Hall–Kier alpha value is -1.26. The summed E-state index contributed by atoms with van der Waals surface area (Å²) >= 11 is 5.99. The molecular formula is C16H24ClNO3. The first-order valence-corrected chi connectivity index (χ1v) is 7.36. The van der Waals surface area contributed by atoms with E-state index >= 15 is 0 Å². The van der Waals surface area contributed by atoms with Gasteiger partial charge in [0.1, 0.15) is 5.54 Å². The zero-order valence-electron chi connectivity index (χ0n) is 13.3. The largest absolute Gasteiger partial charge is 0.464 e. The highest BCUT2D eigenvalue weighted by Crippen LogP contribution is 2.29. The smallest absolute Gasteiger partial charge is 0.331 e. The first-order chi connectivity index (χ1) is 9.72. The first-order valence-electron chi connectivity index (χ1n) is 6.98. The molecule has 1 aromatic rings. The molecule has 0 saturated carbocycles. The van der Waals surface area contributed by atoms with E-state index in [1.54, 1.807) is 26.2 Å². The zero-order chi connectivity index (χ0) is 16.1. The van der Waals surface area contributed by atoms with Crippen LogP contribution in [0.1, 0.15) is 34.1 Å². The van der Waals surface area contributed by atoms with Crippen LogP contribution >= 0.6 is 11.6 Å². The number of carbonyl (C=O) groups is 1. The average molecular weight is 314 g/mol. The molecule has 1 atom stereocenters. The van der Waals surface area contributed by atoms with Crippen molar-refractivity contribution in [3.8, 4) is 0 Å². The third-order valence-electron chi connectivity index (χ3n) is 3.30. The van der Waals surface area contributed by atoms with E-state index in [0.29, 0.717) is 18.1 Å². The summed E-state index contributed by atoms with van der Waals surface area (Å²) in [6.45, 7) is 7.80. The van der Waals surface area contributed by atoms with Gasteiger partial charge in [-0.2, -0.15) is 0 Å². The molecule has 1 unspecified atom stereocenters. The Labute approximate surface area is 131 Å². The van der Waals surface area contributed by atoms with Gasteiger partial charge in [-0.3, -0.25) is 0 Å². The lowest BCUT2D eigenvalue weighted by molar-refractivity contribution is -0.150. The molecule has 0 aliphatic rings. The minimum atomic E-state index is -0.903. The highest BCUT2D eigenvalue weighted by molar-refractivity contribution is 6.30. The molecule has 4 nitrogen and oxygen atoms in total. The summed E-state index contributed by atoms with van der Waals surface area (Å²) in [5.41, 5.74) is -0.599. The quantitative estimate of drug-likeness (QED) is 0.776. The molecular weight excluding hydrogens is 290 g/mol. The highest BCUT2D eigenvalue weighted by atomic mass is 35.5. The van der Waals surface area contributed by atoms with Crippen molar-refractivity contribution in [2.24, 2.45) is 0 Å². The fraction of sp³-hybridized carbons (Fsp3) is 0.562. The number of benzene rings is 1. The summed E-state index contributed by atoms with van der Waals surface area (Å²) in [6.07, 6.45) is 0.460. The molecule has 0 amide bonds. The second kappa shape index (κ2) is 7.14. The van der Waals surface area contributed by atoms with E-state index in [9.17, 15) is 4.79 Å². The van der Waals surface area contributed by atoms with Gasteiger partial charge in [0, 0.05) is 24.2 Å². The van der Waals surface area contributed by atoms with Gasteiger partial charge in [0.15, 0.2) is 0 Å². The molecule has 0 saturated heterocycles. The Morgan fingerprint density at radius 2 is 2.00 bits per heavy atom. The summed E-state index contributed by atoms with van der Waals surface area (Å²) in [7, 11) is 1.63. The maximum Gasteiger partial charge on any atom is 0.331 e. The maximum absolute atomic E-state index is 12.4. The summed E-state index contributed by atoms with van der Waals surface area (Å²) in [5.74, 6) is -0.310. The molecule has 0 radical (unpaired) electrons. The minimum absolute atomic E-state index is 0.310. The summed E-state index contributed by atoms with van der Waals surface area (Å²) < 4.78 is 10.7. The third-order valence-corrected chi connectivity index (χ3v) is 3.54. The number of halogens is 1. The van der Waals surface area contributed by atoms with Crippen molar-refractivity contribution in [3.63, 3.8) is 0 Å². The monoisotopic (exact) mass is 313 g/mol. The first kappa shape index (κ1) is 17.8. The number of anilines is 1. The highest BCUT2D eigenvalue weighted by Gasteiger charge is 2.40. The fourth-order valence-corrected chi connectivity index (χ4v) is 2.46. The molecule has 0 fully saturated rings. The van der Waals surface area contributed by atoms with Crippen molar-refractivity contribution in [1.82, 2.24) is 0 Å². The molecule has 0 aliphatic carbocycles. The Bertz CT molecular complexity index is 490. The van der Waals surface area contributed by atoms with Crippen molar-refractivity contribution in [2.45, 2.75) is 45.3 Å². The predicted molar refractivity (Wildman–Crippen MR) is 85.8 cm³/mol. The van der Waals surface area contributed by atoms with Crippen molar-refractivity contribution in [3.05, 3.63) is 29.3 Å². The van der Waals surface area contributed by atoms with Gasteiger partial charge in [-0.1, -0.05) is 17.7 Å². The fourth-order valence-electron chi connectivity index (χ4n) is 2.27. The lowest BCUT2D eigenvalue weighted by atomic mass is 9.87. The second-order valence-electron chi connectivity index (χ2n) is 5.83. The number of esters is 1. The van der Waals surface area contributed by atoms with Crippen LogP contribution < -0.4 is 5.32 Å². The van der Waals surface area contributed by atoms with Crippen LogP contribution in [-0.2, 0) is 14.3 Å². The molecule has 21 heavy (non-hydrogen) atoms. The van der Waals surface area contributed by atoms with E-state index in [2.05, 4.69) is 5.32 Å². The van der Waals surface area contributed by atoms with Crippen LogP contribution in [0.25, 0.3) is 0 Å². The lowest BCUT2D eigenvalue weighted by Gasteiger charge is -2.36. The minimum Gasteiger partial charge on any atom is -0.464 e. The number of ether oxygens (including phenoxy) is 2. The van der Waals surface area contributed by atoms with Crippen molar-refractivity contribution in [2.75, 3.05) is 19.0 Å². The van der Waals surface area contributed by atoms with Crippen molar-refractivity contribution >= 4 is 23.3 Å². The van der Waals surface area contributed by atoms with Gasteiger partial charge in [-0.25, -0.2) is 4.79 Å². The van der Waals surface area contributed by atoms with Crippen LogP contribution in [0.3, 0.4) is 0 Å². The number of rotatable bonds is 7. The van der Waals surface area contributed by atoms with Crippen LogP contribution in [0.15, 0.2) is 24.3 Å².